The van der Waals surface area contributed by atoms with Crippen LogP contribution in [0.2, 0.25) is 0 Å². The summed E-state index contributed by atoms with van der Waals surface area (Å²) in [6.07, 6.45) is 0. The number of anilines is 1. The molecule has 0 aromatic carbocycles. The molecular weight excluding hydrogens is 187 g/mol. The van der Waals surface area contributed by atoms with Crippen molar-refractivity contribution < 1.29 is 4.39 Å². The van der Waals surface area contributed by atoms with Crippen molar-refractivity contribution >= 4 is 27.2 Å². The first-order valence-corrected chi connectivity index (χ1v) is 4.73. The minimum atomic E-state index is -0.337. The van der Waals surface area contributed by atoms with E-state index in [4.69, 9.17) is 5.73 Å². The summed E-state index contributed by atoms with van der Waals surface area (Å²) in [6, 6.07) is 1.91. The molecule has 0 amide bonds. The van der Waals surface area contributed by atoms with Crippen molar-refractivity contribution in [2.45, 2.75) is 13.8 Å². The van der Waals surface area contributed by atoms with Crippen molar-refractivity contribution in [2.75, 3.05) is 5.73 Å². The summed E-state index contributed by atoms with van der Waals surface area (Å²) in [4.78, 5) is 4.90. The van der Waals surface area contributed by atoms with Crippen molar-refractivity contribution in [3.05, 3.63) is 22.5 Å². The molecule has 2 aromatic rings. The molecule has 0 aliphatic carbocycles. The molecule has 2 aromatic heterocycles. The topological polar surface area (TPSA) is 38.9 Å². The van der Waals surface area contributed by atoms with Crippen LogP contribution in [-0.4, -0.2) is 4.98 Å². The average Bonchev–Trinajstić information content (AvgIpc) is 2.27. The molecule has 13 heavy (non-hydrogen) atoms. The quantitative estimate of drug-likeness (QED) is 0.703. The highest BCUT2D eigenvalue weighted by atomic mass is 32.1. The van der Waals surface area contributed by atoms with E-state index in [1.165, 1.54) is 0 Å². The van der Waals surface area contributed by atoms with Gasteiger partial charge in [0, 0.05) is 11.1 Å². The minimum Gasteiger partial charge on any atom is -0.395 e. The first-order valence-electron chi connectivity index (χ1n) is 3.91. The van der Waals surface area contributed by atoms with Crippen molar-refractivity contribution in [3.63, 3.8) is 0 Å². The molecule has 0 aliphatic rings. The molecule has 68 valence electrons. The van der Waals surface area contributed by atoms with E-state index < -0.39 is 0 Å². The number of fused-ring (bicyclic) bond motifs is 1. The maximum atomic E-state index is 13.1. The van der Waals surface area contributed by atoms with Crippen LogP contribution in [0.1, 0.15) is 11.3 Å². The van der Waals surface area contributed by atoms with Crippen LogP contribution < -0.4 is 5.73 Å². The van der Waals surface area contributed by atoms with Gasteiger partial charge in [-0.3, -0.25) is 0 Å². The molecule has 2 heterocycles. The minimum absolute atomic E-state index is 0.227. The monoisotopic (exact) mass is 196 g/mol. The van der Waals surface area contributed by atoms with Crippen LogP contribution in [0.4, 0.5) is 10.1 Å². The first kappa shape index (κ1) is 8.44. The standard InChI is InChI=1S/C9H9FN2S/c1-4-3-5(2)12-9-6(4)7(11)8(10)13-9/h3H,11H2,1-2H3. The van der Waals surface area contributed by atoms with Crippen LogP contribution in [-0.2, 0) is 0 Å². The number of nitrogens with two attached hydrogens (primary N) is 1. The third-order valence-corrected chi connectivity index (χ3v) is 2.87. The largest absolute Gasteiger partial charge is 0.395 e. The number of halogens is 1. The second-order valence-corrected chi connectivity index (χ2v) is 4.00. The van der Waals surface area contributed by atoms with Gasteiger partial charge in [0.1, 0.15) is 4.83 Å². The Bertz CT molecular complexity index is 476. The molecular formula is C9H9FN2S. The lowest BCUT2D eigenvalue weighted by Crippen LogP contribution is -1.88. The van der Waals surface area contributed by atoms with Crippen molar-refractivity contribution in [1.82, 2.24) is 4.98 Å². The maximum absolute atomic E-state index is 13.1. The number of aryl methyl sites for hydroxylation is 2. The number of nitrogens with zero attached hydrogens (tertiary/aromatic N) is 1. The van der Waals surface area contributed by atoms with E-state index in [-0.39, 0.29) is 10.8 Å². The van der Waals surface area contributed by atoms with Gasteiger partial charge in [-0.15, -0.1) is 0 Å². The van der Waals surface area contributed by atoms with Gasteiger partial charge in [-0.25, -0.2) is 4.98 Å². The van der Waals surface area contributed by atoms with Gasteiger partial charge in [-0.1, -0.05) is 11.3 Å². The Hall–Kier alpha value is -1.16. The lowest BCUT2D eigenvalue weighted by atomic mass is 10.2. The van der Waals surface area contributed by atoms with Gasteiger partial charge in [0.25, 0.3) is 0 Å². The Morgan fingerprint density at radius 2 is 2.15 bits per heavy atom. The van der Waals surface area contributed by atoms with Gasteiger partial charge in [0.15, 0.2) is 0 Å². The summed E-state index contributed by atoms with van der Waals surface area (Å²) in [5, 5.41) is 0.421. The van der Waals surface area contributed by atoms with Crippen LogP contribution in [0.3, 0.4) is 0 Å². The van der Waals surface area contributed by atoms with Gasteiger partial charge < -0.3 is 5.73 Å². The van der Waals surface area contributed by atoms with Crippen molar-refractivity contribution in [3.8, 4) is 0 Å². The Balaban J connectivity index is 2.94. The Labute approximate surface area is 79.2 Å². The van der Waals surface area contributed by atoms with Crippen LogP contribution in [0.15, 0.2) is 6.07 Å². The highest BCUT2D eigenvalue weighted by molar-refractivity contribution is 7.17. The van der Waals surface area contributed by atoms with E-state index in [0.29, 0.717) is 4.83 Å². The van der Waals surface area contributed by atoms with Crippen LogP contribution in [0.5, 0.6) is 0 Å². The number of thiophene rings is 1. The highest BCUT2D eigenvalue weighted by Gasteiger charge is 2.12. The molecule has 4 heteroatoms. The first-order chi connectivity index (χ1) is 6.09. The SMILES string of the molecule is Cc1cc(C)c2c(N)c(F)sc2n1. The fraction of sp³-hybridized carbons (Fsp3) is 0.222. The number of hydrogen-bond donors (Lipinski definition) is 1. The maximum Gasteiger partial charge on any atom is 0.202 e. The predicted octanol–water partition coefficient (Wildman–Crippen LogP) is 2.63. The van der Waals surface area contributed by atoms with E-state index >= 15 is 0 Å². The number of rotatable bonds is 0. The molecule has 0 saturated carbocycles. The number of pyridine rings is 1. The van der Waals surface area contributed by atoms with E-state index in [0.717, 1.165) is 28.0 Å². The predicted molar refractivity (Wildman–Crippen MR) is 53.5 cm³/mol. The summed E-state index contributed by atoms with van der Waals surface area (Å²) in [6.45, 7) is 3.81. The molecule has 0 spiro atoms. The molecule has 2 rings (SSSR count). The molecule has 0 unspecified atom stereocenters. The number of aromatic nitrogens is 1. The Morgan fingerprint density at radius 3 is 2.85 bits per heavy atom. The van der Waals surface area contributed by atoms with Gasteiger partial charge >= 0.3 is 0 Å². The lowest BCUT2D eigenvalue weighted by molar-refractivity contribution is 0.662. The van der Waals surface area contributed by atoms with Crippen LogP contribution in [0.25, 0.3) is 10.2 Å². The molecule has 2 nitrogen and oxygen atoms in total. The smallest absolute Gasteiger partial charge is 0.202 e. The van der Waals surface area contributed by atoms with E-state index in [9.17, 15) is 4.39 Å². The zero-order valence-corrected chi connectivity index (χ0v) is 8.20. The zero-order valence-electron chi connectivity index (χ0n) is 7.39. The van der Waals surface area contributed by atoms with E-state index in [1.807, 2.05) is 19.9 Å². The number of hydrogen-bond acceptors (Lipinski definition) is 3. The third kappa shape index (κ3) is 1.18. The normalized spacial score (nSPS) is 11.0. The van der Waals surface area contributed by atoms with Crippen molar-refractivity contribution in [1.29, 1.82) is 0 Å². The zero-order chi connectivity index (χ0) is 9.59. The summed E-state index contributed by atoms with van der Waals surface area (Å²) >= 11 is 1.00. The molecule has 0 radical (unpaired) electrons. The molecule has 0 bridgehead atoms. The fourth-order valence-electron chi connectivity index (χ4n) is 1.44. The molecule has 0 aliphatic heterocycles. The second kappa shape index (κ2) is 2.67. The van der Waals surface area contributed by atoms with E-state index in [1.54, 1.807) is 0 Å². The summed E-state index contributed by atoms with van der Waals surface area (Å²) in [7, 11) is 0. The molecule has 0 saturated heterocycles. The molecule has 0 fully saturated rings. The lowest BCUT2D eigenvalue weighted by Gasteiger charge is -1.98. The van der Waals surface area contributed by atoms with E-state index in [2.05, 4.69) is 4.98 Å². The average molecular weight is 196 g/mol. The van der Waals surface area contributed by atoms with Crippen molar-refractivity contribution in [2.24, 2.45) is 0 Å². The van der Waals surface area contributed by atoms with Gasteiger partial charge in [-0.05, 0) is 25.5 Å². The summed E-state index contributed by atoms with van der Waals surface area (Å²) in [5.41, 5.74) is 7.69. The molecule has 0 atom stereocenters. The summed E-state index contributed by atoms with van der Waals surface area (Å²) < 4.78 is 13.1. The third-order valence-electron chi connectivity index (χ3n) is 1.98. The second-order valence-electron chi connectivity index (χ2n) is 3.05. The molecule has 2 N–H and O–H groups in total. The Morgan fingerprint density at radius 1 is 1.46 bits per heavy atom. The Kier molecular flexibility index (Phi) is 1.73. The van der Waals surface area contributed by atoms with Gasteiger partial charge in [0.2, 0.25) is 5.13 Å². The fourth-order valence-corrected chi connectivity index (χ4v) is 2.39. The van der Waals surface area contributed by atoms with Gasteiger partial charge in [0.05, 0.1) is 5.69 Å². The number of nitrogen functional groups attached to an aromatic ring is 1. The van der Waals surface area contributed by atoms with Crippen LogP contribution in [0, 0.1) is 19.0 Å². The summed E-state index contributed by atoms with van der Waals surface area (Å²) in [5.74, 6) is 0. The van der Waals surface area contributed by atoms with Gasteiger partial charge in [-0.2, -0.15) is 4.39 Å². The highest BCUT2D eigenvalue weighted by Crippen LogP contribution is 2.33. The van der Waals surface area contributed by atoms with Crippen LogP contribution >= 0.6 is 11.3 Å².